The Morgan fingerprint density at radius 3 is 2.95 bits per heavy atom. The number of nitrogens with zero attached hydrogens (tertiary/aromatic N) is 2. The number of hydrogen-bond donors (Lipinski definition) is 2. The summed E-state index contributed by atoms with van der Waals surface area (Å²) in [6, 6.07) is 3.95. The summed E-state index contributed by atoms with van der Waals surface area (Å²) in [6.45, 7) is 8.31. The van der Waals surface area contributed by atoms with E-state index in [2.05, 4.69) is 34.4 Å². The monoisotopic (exact) mass is 290 g/mol. The van der Waals surface area contributed by atoms with Crippen LogP contribution in [0.4, 0.5) is 5.82 Å². The average Bonchev–Trinajstić information content (AvgIpc) is 2.53. The van der Waals surface area contributed by atoms with Crippen LogP contribution in [0.5, 0.6) is 0 Å². The van der Waals surface area contributed by atoms with Gasteiger partial charge in [-0.1, -0.05) is 13.8 Å². The van der Waals surface area contributed by atoms with E-state index < -0.39 is 0 Å². The summed E-state index contributed by atoms with van der Waals surface area (Å²) in [4.78, 5) is 18.9. The van der Waals surface area contributed by atoms with Crippen molar-refractivity contribution in [1.29, 1.82) is 0 Å². The highest BCUT2D eigenvalue weighted by atomic mass is 16.1. The van der Waals surface area contributed by atoms with E-state index in [-0.39, 0.29) is 11.9 Å². The van der Waals surface area contributed by atoms with Crippen LogP contribution in [0.1, 0.15) is 43.5 Å². The summed E-state index contributed by atoms with van der Waals surface area (Å²) < 4.78 is 0. The molecule has 1 fully saturated rings. The molecule has 5 heteroatoms. The molecule has 0 radical (unpaired) electrons. The molecule has 0 spiro atoms. The van der Waals surface area contributed by atoms with Crippen molar-refractivity contribution in [2.24, 2.45) is 0 Å². The van der Waals surface area contributed by atoms with Gasteiger partial charge >= 0.3 is 0 Å². The second kappa shape index (κ2) is 7.98. The Kier molecular flexibility index (Phi) is 5.99. The lowest BCUT2D eigenvalue weighted by Crippen LogP contribution is -2.47. The van der Waals surface area contributed by atoms with Crippen LogP contribution in [0.3, 0.4) is 0 Å². The summed E-state index contributed by atoms with van der Waals surface area (Å²) >= 11 is 0. The van der Waals surface area contributed by atoms with E-state index >= 15 is 0 Å². The number of rotatable bonds is 6. The van der Waals surface area contributed by atoms with Crippen molar-refractivity contribution in [2.45, 2.75) is 39.2 Å². The van der Waals surface area contributed by atoms with Gasteiger partial charge in [-0.25, -0.2) is 4.98 Å². The van der Waals surface area contributed by atoms with E-state index in [9.17, 15) is 4.79 Å². The number of likely N-dealkylation sites (tertiary alicyclic amines) is 1. The molecule has 0 bridgehead atoms. The Hall–Kier alpha value is -1.62. The number of pyridine rings is 1. The van der Waals surface area contributed by atoms with Crippen molar-refractivity contribution >= 4 is 11.7 Å². The van der Waals surface area contributed by atoms with E-state index in [1.165, 1.54) is 0 Å². The molecule has 1 aromatic rings. The first-order valence-corrected chi connectivity index (χ1v) is 7.96. The standard InChI is InChI=1S/C16H26N4O/c1-3-9-17-15-8-7-13(11-18-15)16(21)19-14-6-5-10-20(4-2)12-14/h7-8,11,14H,3-6,9-10,12H2,1-2H3,(H,17,18)(H,19,21). The van der Waals surface area contributed by atoms with Crippen molar-refractivity contribution in [3.63, 3.8) is 0 Å². The lowest BCUT2D eigenvalue weighted by Gasteiger charge is -2.32. The maximum atomic E-state index is 12.2. The van der Waals surface area contributed by atoms with Gasteiger partial charge in [0.1, 0.15) is 5.82 Å². The van der Waals surface area contributed by atoms with E-state index in [0.29, 0.717) is 5.56 Å². The number of piperidine rings is 1. The SMILES string of the molecule is CCCNc1ccc(C(=O)NC2CCCN(CC)C2)cn1. The highest BCUT2D eigenvalue weighted by molar-refractivity contribution is 5.94. The van der Waals surface area contributed by atoms with Crippen molar-refractivity contribution in [2.75, 3.05) is 31.5 Å². The van der Waals surface area contributed by atoms with Gasteiger partial charge in [-0.05, 0) is 44.5 Å². The third-order valence-electron chi connectivity index (χ3n) is 3.87. The Morgan fingerprint density at radius 2 is 2.29 bits per heavy atom. The molecular weight excluding hydrogens is 264 g/mol. The van der Waals surface area contributed by atoms with Gasteiger partial charge in [-0.3, -0.25) is 4.79 Å². The fraction of sp³-hybridized carbons (Fsp3) is 0.625. The largest absolute Gasteiger partial charge is 0.370 e. The Morgan fingerprint density at radius 1 is 1.43 bits per heavy atom. The third-order valence-corrected chi connectivity index (χ3v) is 3.87. The summed E-state index contributed by atoms with van der Waals surface area (Å²) in [5, 5.41) is 6.33. The molecule has 5 nitrogen and oxygen atoms in total. The molecule has 0 aliphatic carbocycles. The van der Waals surface area contributed by atoms with Gasteiger partial charge in [0.25, 0.3) is 5.91 Å². The smallest absolute Gasteiger partial charge is 0.253 e. The molecule has 116 valence electrons. The number of aromatic nitrogens is 1. The molecule has 2 heterocycles. The number of anilines is 1. The number of nitrogens with one attached hydrogen (secondary N) is 2. The minimum atomic E-state index is -0.0208. The third kappa shape index (κ3) is 4.70. The minimum absolute atomic E-state index is 0.0208. The molecule has 1 saturated heterocycles. The zero-order valence-electron chi connectivity index (χ0n) is 13.1. The maximum absolute atomic E-state index is 12.2. The van der Waals surface area contributed by atoms with Crippen LogP contribution in [0.15, 0.2) is 18.3 Å². The van der Waals surface area contributed by atoms with Crippen LogP contribution in [-0.4, -0.2) is 48.0 Å². The number of carbonyl (C=O) groups excluding carboxylic acids is 1. The van der Waals surface area contributed by atoms with Gasteiger partial charge in [-0.2, -0.15) is 0 Å². The normalized spacial score (nSPS) is 19.2. The fourth-order valence-electron chi connectivity index (χ4n) is 2.62. The molecule has 2 rings (SSSR count). The van der Waals surface area contributed by atoms with Crippen LogP contribution in [0.2, 0.25) is 0 Å². The molecule has 1 atom stereocenters. The van der Waals surface area contributed by atoms with E-state index in [4.69, 9.17) is 0 Å². The number of amides is 1. The van der Waals surface area contributed by atoms with Crippen LogP contribution in [-0.2, 0) is 0 Å². The van der Waals surface area contributed by atoms with Crippen LogP contribution in [0.25, 0.3) is 0 Å². The molecule has 1 amide bonds. The van der Waals surface area contributed by atoms with Gasteiger partial charge in [0.2, 0.25) is 0 Å². The molecule has 0 aromatic carbocycles. The Labute approximate surface area is 127 Å². The van der Waals surface area contributed by atoms with Crippen molar-refractivity contribution < 1.29 is 4.79 Å². The molecule has 2 N–H and O–H groups in total. The second-order valence-electron chi connectivity index (χ2n) is 5.56. The maximum Gasteiger partial charge on any atom is 0.253 e. The number of likely N-dealkylation sites (N-methyl/N-ethyl adjacent to an activating group) is 1. The second-order valence-corrected chi connectivity index (χ2v) is 5.56. The molecule has 1 aromatic heterocycles. The van der Waals surface area contributed by atoms with Crippen LogP contribution < -0.4 is 10.6 Å². The van der Waals surface area contributed by atoms with Crippen molar-refractivity contribution in [3.8, 4) is 0 Å². The first-order valence-electron chi connectivity index (χ1n) is 7.96. The minimum Gasteiger partial charge on any atom is -0.370 e. The van der Waals surface area contributed by atoms with Gasteiger partial charge in [0.15, 0.2) is 0 Å². The quantitative estimate of drug-likeness (QED) is 0.842. The Bertz CT molecular complexity index is 446. The predicted octanol–water partition coefficient (Wildman–Crippen LogP) is 2.12. The summed E-state index contributed by atoms with van der Waals surface area (Å²) in [6.07, 6.45) is 4.91. The summed E-state index contributed by atoms with van der Waals surface area (Å²) in [7, 11) is 0. The van der Waals surface area contributed by atoms with E-state index in [1.54, 1.807) is 6.20 Å². The lowest BCUT2D eigenvalue weighted by molar-refractivity contribution is 0.0905. The number of carbonyl (C=O) groups is 1. The lowest BCUT2D eigenvalue weighted by atomic mass is 10.1. The van der Waals surface area contributed by atoms with Gasteiger partial charge in [-0.15, -0.1) is 0 Å². The zero-order chi connectivity index (χ0) is 15.1. The number of hydrogen-bond acceptors (Lipinski definition) is 4. The van der Waals surface area contributed by atoms with E-state index in [0.717, 1.165) is 51.3 Å². The topological polar surface area (TPSA) is 57.3 Å². The first kappa shape index (κ1) is 15.8. The summed E-state index contributed by atoms with van der Waals surface area (Å²) in [5.41, 5.74) is 0.630. The fourth-order valence-corrected chi connectivity index (χ4v) is 2.62. The zero-order valence-corrected chi connectivity index (χ0v) is 13.1. The van der Waals surface area contributed by atoms with Crippen LogP contribution in [0, 0.1) is 0 Å². The first-order chi connectivity index (χ1) is 10.2. The average molecular weight is 290 g/mol. The molecule has 21 heavy (non-hydrogen) atoms. The van der Waals surface area contributed by atoms with Gasteiger partial charge in [0.05, 0.1) is 5.56 Å². The molecule has 1 aliphatic rings. The highest BCUT2D eigenvalue weighted by Crippen LogP contribution is 2.11. The van der Waals surface area contributed by atoms with Gasteiger partial charge < -0.3 is 15.5 Å². The van der Waals surface area contributed by atoms with Crippen molar-refractivity contribution in [3.05, 3.63) is 23.9 Å². The molecule has 0 saturated carbocycles. The van der Waals surface area contributed by atoms with Crippen molar-refractivity contribution in [1.82, 2.24) is 15.2 Å². The molecule has 1 unspecified atom stereocenters. The summed E-state index contributed by atoms with van der Waals surface area (Å²) in [5.74, 6) is 0.802. The highest BCUT2D eigenvalue weighted by Gasteiger charge is 2.20. The molecule has 1 aliphatic heterocycles. The van der Waals surface area contributed by atoms with Crippen LogP contribution >= 0.6 is 0 Å². The molecular formula is C16H26N4O. The predicted molar refractivity (Wildman–Crippen MR) is 85.6 cm³/mol. The Balaban J connectivity index is 1.87. The van der Waals surface area contributed by atoms with Gasteiger partial charge in [0, 0.05) is 25.3 Å². The van der Waals surface area contributed by atoms with E-state index in [1.807, 2.05) is 12.1 Å².